The van der Waals surface area contributed by atoms with Crippen molar-refractivity contribution >= 4 is 19.7 Å². The molecule has 0 spiro atoms. The third kappa shape index (κ3) is 1.96. The van der Waals surface area contributed by atoms with Crippen molar-refractivity contribution in [2.45, 2.75) is 16.9 Å². The average molecular weight is 270 g/mol. The Morgan fingerprint density at radius 2 is 1.67 bits per heavy atom. The van der Waals surface area contributed by atoms with Crippen LogP contribution in [0.1, 0.15) is 6.42 Å². The molecule has 0 aromatic heterocycles. The molecular weight excluding hydrogens is 264 g/mol. The second kappa shape index (κ2) is 3.06. The molecule has 0 aromatic rings. The van der Waals surface area contributed by atoms with Gasteiger partial charge in [-0.15, -0.1) is 0 Å². The van der Waals surface area contributed by atoms with E-state index in [-0.39, 0.29) is 0 Å². The highest BCUT2D eigenvalue weighted by molar-refractivity contribution is 7.97. The number of sulfone groups is 2. The lowest BCUT2D eigenvalue weighted by atomic mass is 10.3. The molecule has 0 aromatic carbocycles. The van der Waals surface area contributed by atoms with Crippen LogP contribution in [-0.4, -0.2) is 38.9 Å². The lowest BCUT2D eigenvalue weighted by Gasteiger charge is -2.19. The van der Waals surface area contributed by atoms with Crippen LogP contribution in [0.4, 0.5) is 17.6 Å². The van der Waals surface area contributed by atoms with E-state index in [9.17, 15) is 34.4 Å². The zero-order valence-electron chi connectivity index (χ0n) is 7.08. The van der Waals surface area contributed by atoms with Gasteiger partial charge in [-0.25, -0.2) is 21.2 Å². The lowest BCUT2D eigenvalue weighted by Crippen LogP contribution is -2.43. The number of hydrogen-bond donors (Lipinski definition) is 0. The first-order valence-electron chi connectivity index (χ1n) is 3.62. The van der Waals surface area contributed by atoms with Crippen LogP contribution in [0.15, 0.2) is 0 Å². The summed E-state index contributed by atoms with van der Waals surface area (Å²) in [4.78, 5) is 0. The van der Waals surface area contributed by atoms with Crippen molar-refractivity contribution in [3.63, 3.8) is 0 Å². The molecule has 0 saturated carbocycles. The van der Waals surface area contributed by atoms with E-state index in [1.807, 2.05) is 0 Å². The maximum Gasteiger partial charge on any atom is 0.500 e. The third-order valence-corrected chi connectivity index (χ3v) is 5.84. The zero-order chi connectivity index (χ0) is 12.1. The van der Waals surface area contributed by atoms with Gasteiger partial charge in [0.05, 0.1) is 11.5 Å². The minimum atomic E-state index is -6.09. The molecule has 1 heterocycles. The van der Waals surface area contributed by atoms with E-state index in [0.717, 1.165) is 0 Å². The first-order chi connectivity index (χ1) is 6.41. The van der Waals surface area contributed by atoms with Crippen molar-refractivity contribution in [1.29, 1.82) is 0 Å². The SMILES string of the molecule is O=S1(=O)CCC(F)(S(=O)(=O)C(F)(F)F)C1. The van der Waals surface area contributed by atoms with Crippen molar-refractivity contribution in [3.8, 4) is 0 Å². The second-order valence-corrected chi connectivity index (χ2v) is 7.56. The third-order valence-electron chi connectivity index (χ3n) is 2.01. The maximum absolute atomic E-state index is 13.4. The topological polar surface area (TPSA) is 68.3 Å². The summed E-state index contributed by atoms with van der Waals surface area (Å²) in [6.45, 7) is 0. The molecule has 1 saturated heterocycles. The van der Waals surface area contributed by atoms with Crippen molar-refractivity contribution in [3.05, 3.63) is 0 Å². The molecule has 1 aliphatic heterocycles. The van der Waals surface area contributed by atoms with E-state index >= 15 is 0 Å². The summed E-state index contributed by atoms with van der Waals surface area (Å²) in [7, 11) is -10.1. The Morgan fingerprint density at radius 3 is 1.93 bits per heavy atom. The maximum atomic E-state index is 13.4. The monoisotopic (exact) mass is 270 g/mol. The van der Waals surface area contributed by atoms with E-state index in [4.69, 9.17) is 0 Å². The molecule has 1 atom stereocenters. The molecule has 0 N–H and O–H groups in total. The molecule has 0 radical (unpaired) electrons. The fourth-order valence-corrected chi connectivity index (χ4v) is 4.85. The molecule has 1 rings (SSSR count). The molecule has 1 fully saturated rings. The summed E-state index contributed by atoms with van der Waals surface area (Å²) in [5.74, 6) is -2.51. The number of rotatable bonds is 1. The standard InChI is InChI=1S/C5H6F4O4S2/c6-4(1-2-14(10,11)3-4)15(12,13)5(7,8)9/h1-3H2. The van der Waals surface area contributed by atoms with Gasteiger partial charge in [0, 0.05) is 6.42 Å². The largest absolute Gasteiger partial charge is 0.500 e. The highest BCUT2D eigenvalue weighted by atomic mass is 32.2. The second-order valence-electron chi connectivity index (χ2n) is 3.17. The normalized spacial score (nSPS) is 31.7. The Kier molecular flexibility index (Phi) is 2.59. The number of alkyl halides is 4. The summed E-state index contributed by atoms with van der Waals surface area (Å²) >= 11 is 0. The fraction of sp³-hybridized carbons (Fsp3) is 1.00. The molecule has 0 aliphatic carbocycles. The summed E-state index contributed by atoms with van der Waals surface area (Å²) < 4.78 is 92.2. The first-order valence-corrected chi connectivity index (χ1v) is 6.92. The van der Waals surface area contributed by atoms with Gasteiger partial charge in [0.15, 0.2) is 9.84 Å². The number of halogens is 4. The molecule has 4 nitrogen and oxygen atoms in total. The van der Waals surface area contributed by atoms with Crippen LogP contribution in [-0.2, 0) is 19.7 Å². The Hall–Kier alpha value is -0.380. The molecule has 90 valence electrons. The molecule has 1 unspecified atom stereocenters. The fourth-order valence-electron chi connectivity index (χ4n) is 1.20. The summed E-state index contributed by atoms with van der Waals surface area (Å²) in [6, 6.07) is 0. The molecular formula is C5H6F4O4S2. The molecule has 1 aliphatic rings. The van der Waals surface area contributed by atoms with Gasteiger partial charge >= 0.3 is 5.51 Å². The van der Waals surface area contributed by atoms with Gasteiger partial charge < -0.3 is 0 Å². The van der Waals surface area contributed by atoms with Crippen molar-refractivity contribution in [1.82, 2.24) is 0 Å². The Balaban J connectivity index is 3.22. The summed E-state index contributed by atoms with van der Waals surface area (Å²) in [6.07, 6.45) is -1.17. The van der Waals surface area contributed by atoms with Gasteiger partial charge in [-0.05, 0) is 0 Å². The van der Waals surface area contributed by atoms with Gasteiger partial charge in [-0.1, -0.05) is 0 Å². The first kappa shape index (κ1) is 12.7. The molecule has 0 bridgehead atoms. The van der Waals surface area contributed by atoms with Gasteiger partial charge in [0.25, 0.3) is 9.84 Å². The minimum Gasteiger partial charge on any atom is -0.229 e. The van der Waals surface area contributed by atoms with Crippen molar-refractivity contribution < 1.29 is 34.4 Å². The number of hydrogen-bond acceptors (Lipinski definition) is 4. The van der Waals surface area contributed by atoms with Crippen LogP contribution in [0.2, 0.25) is 0 Å². The van der Waals surface area contributed by atoms with Gasteiger partial charge in [-0.2, -0.15) is 13.2 Å². The molecule has 10 heteroatoms. The molecule has 0 amide bonds. The van der Waals surface area contributed by atoms with E-state index in [1.165, 1.54) is 0 Å². The van der Waals surface area contributed by atoms with Gasteiger partial charge in [0.2, 0.25) is 5.00 Å². The Bertz CT molecular complexity index is 462. The van der Waals surface area contributed by atoms with Crippen LogP contribution < -0.4 is 0 Å². The predicted molar refractivity (Wildman–Crippen MR) is 42.1 cm³/mol. The average Bonchev–Trinajstić information content (AvgIpc) is 2.24. The highest BCUT2D eigenvalue weighted by Gasteiger charge is 2.64. The Labute approximate surface area is 83.1 Å². The lowest BCUT2D eigenvalue weighted by molar-refractivity contribution is -0.0481. The van der Waals surface area contributed by atoms with Crippen LogP contribution in [0, 0.1) is 0 Å². The van der Waals surface area contributed by atoms with Crippen LogP contribution >= 0.6 is 0 Å². The van der Waals surface area contributed by atoms with Crippen molar-refractivity contribution in [2.75, 3.05) is 11.5 Å². The van der Waals surface area contributed by atoms with Crippen LogP contribution in [0.5, 0.6) is 0 Å². The minimum absolute atomic E-state index is 0.890. The van der Waals surface area contributed by atoms with Gasteiger partial charge in [-0.3, -0.25) is 0 Å². The highest BCUT2D eigenvalue weighted by Crippen LogP contribution is 2.41. The quantitative estimate of drug-likeness (QED) is 0.647. The predicted octanol–water partition coefficient (Wildman–Crippen LogP) is 0.405. The van der Waals surface area contributed by atoms with E-state index in [1.54, 1.807) is 0 Å². The van der Waals surface area contributed by atoms with Crippen LogP contribution in [0.25, 0.3) is 0 Å². The smallest absolute Gasteiger partial charge is 0.229 e. The zero-order valence-corrected chi connectivity index (χ0v) is 8.72. The van der Waals surface area contributed by atoms with E-state index in [0.29, 0.717) is 0 Å². The Morgan fingerprint density at radius 1 is 1.20 bits per heavy atom. The van der Waals surface area contributed by atoms with E-state index in [2.05, 4.69) is 0 Å². The van der Waals surface area contributed by atoms with Gasteiger partial charge in [0.1, 0.15) is 0 Å². The summed E-state index contributed by atoms with van der Waals surface area (Å²) in [5, 5.41) is -3.73. The van der Waals surface area contributed by atoms with Crippen LogP contribution in [0.3, 0.4) is 0 Å². The molecule has 15 heavy (non-hydrogen) atoms. The summed E-state index contributed by atoms with van der Waals surface area (Å²) in [5.41, 5.74) is -5.78. The van der Waals surface area contributed by atoms with E-state index < -0.39 is 48.1 Å². The van der Waals surface area contributed by atoms with Crippen molar-refractivity contribution in [2.24, 2.45) is 0 Å².